The van der Waals surface area contributed by atoms with Crippen LogP contribution in [-0.2, 0) is 11.3 Å². The topological polar surface area (TPSA) is 51.1 Å². The SMILES string of the molecule is CCc1cc(N2CCCO2)nc(-c2ccncc2)n1. The summed E-state index contributed by atoms with van der Waals surface area (Å²) in [4.78, 5) is 18.8. The molecule has 0 N–H and O–H groups in total. The molecular formula is C14H16N4O. The van der Waals surface area contributed by atoms with Crippen LogP contribution in [0, 0.1) is 0 Å². The van der Waals surface area contributed by atoms with Gasteiger partial charge >= 0.3 is 0 Å². The molecule has 0 spiro atoms. The fourth-order valence-corrected chi connectivity index (χ4v) is 2.05. The third-order valence-electron chi connectivity index (χ3n) is 3.07. The fraction of sp³-hybridized carbons (Fsp3) is 0.357. The van der Waals surface area contributed by atoms with Crippen LogP contribution in [0.25, 0.3) is 11.4 Å². The van der Waals surface area contributed by atoms with E-state index in [9.17, 15) is 0 Å². The molecular weight excluding hydrogens is 240 g/mol. The minimum atomic E-state index is 0.729. The first-order chi connectivity index (χ1) is 9.36. The maximum Gasteiger partial charge on any atom is 0.161 e. The van der Waals surface area contributed by atoms with Gasteiger partial charge in [0.05, 0.1) is 6.61 Å². The highest BCUT2D eigenvalue weighted by Crippen LogP contribution is 2.22. The Morgan fingerprint density at radius 3 is 2.79 bits per heavy atom. The first kappa shape index (κ1) is 12.0. The molecule has 0 bridgehead atoms. The van der Waals surface area contributed by atoms with Gasteiger partial charge in [-0.15, -0.1) is 0 Å². The van der Waals surface area contributed by atoms with E-state index in [2.05, 4.69) is 21.9 Å². The molecule has 0 aromatic carbocycles. The summed E-state index contributed by atoms with van der Waals surface area (Å²) >= 11 is 0. The summed E-state index contributed by atoms with van der Waals surface area (Å²) in [5.41, 5.74) is 2.00. The average molecular weight is 256 g/mol. The lowest BCUT2D eigenvalue weighted by molar-refractivity contribution is 0.166. The van der Waals surface area contributed by atoms with Crippen molar-refractivity contribution < 1.29 is 4.84 Å². The van der Waals surface area contributed by atoms with E-state index >= 15 is 0 Å². The molecule has 1 saturated heterocycles. The lowest BCUT2D eigenvalue weighted by Gasteiger charge is -2.16. The van der Waals surface area contributed by atoms with Crippen molar-refractivity contribution in [1.29, 1.82) is 0 Å². The molecule has 0 amide bonds. The van der Waals surface area contributed by atoms with E-state index in [-0.39, 0.29) is 0 Å². The number of rotatable bonds is 3. The monoisotopic (exact) mass is 256 g/mol. The number of aryl methyl sites for hydroxylation is 1. The zero-order valence-electron chi connectivity index (χ0n) is 10.9. The van der Waals surface area contributed by atoms with E-state index < -0.39 is 0 Å². The second-order valence-corrected chi connectivity index (χ2v) is 4.42. The Morgan fingerprint density at radius 1 is 1.26 bits per heavy atom. The molecule has 0 radical (unpaired) electrons. The zero-order chi connectivity index (χ0) is 13.1. The van der Waals surface area contributed by atoms with Gasteiger partial charge in [0.1, 0.15) is 0 Å². The van der Waals surface area contributed by atoms with E-state index in [0.29, 0.717) is 0 Å². The Morgan fingerprint density at radius 2 is 2.11 bits per heavy atom. The summed E-state index contributed by atoms with van der Waals surface area (Å²) in [7, 11) is 0. The Kier molecular flexibility index (Phi) is 3.37. The fourth-order valence-electron chi connectivity index (χ4n) is 2.05. The molecule has 5 heteroatoms. The van der Waals surface area contributed by atoms with Crippen molar-refractivity contribution in [3.05, 3.63) is 36.3 Å². The molecule has 2 aromatic heterocycles. The van der Waals surface area contributed by atoms with Crippen LogP contribution in [0.5, 0.6) is 0 Å². The Labute approximate surface area is 112 Å². The first-order valence-electron chi connectivity index (χ1n) is 6.55. The molecule has 0 unspecified atom stereocenters. The van der Waals surface area contributed by atoms with Crippen LogP contribution in [-0.4, -0.2) is 28.1 Å². The van der Waals surface area contributed by atoms with Crippen LogP contribution >= 0.6 is 0 Å². The van der Waals surface area contributed by atoms with Crippen LogP contribution in [0.2, 0.25) is 0 Å². The summed E-state index contributed by atoms with van der Waals surface area (Å²) in [6, 6.07) is 5.84. The van der Waals surface area contributed by atoms with Crippen molar-refractivity contribution >= 4 is 5.82 Å². The number of hydroxylamine groups is 1. The standard InChI is InChI=1S/C14H16N4O/c1-2-12-10-13(18-8-3-9-19-18)17-14(16-12)11-4-6-15-7-5-11/h4-7,10H,2-3,8-9H2,1H3. The first-order valence-corrected chi connectivity index (χ1v) is 6.55. The van der Waals surface area contributed by atoms with Crippen LogP contribution < -0.4 is 5.06 Å². The number of hydrogen-bond acceptors (Lipinski definition) is 5. The van der Waals surface area contributed by atoms with Gasteiger partial charge in [-0.2, -0.15) is 0 Å². The second-order valence-electron chi connectivity index (χ2n) is 4.42. The molecule has 19 heavy (non-hydrogen) atoms. The average Bonchev–Trinajstić information content (AvgIpc) is 3.02. The molecule has 1 aliphatic rings. The molecule has 0 aliphatic carbocycles. The van der Waals surface area contributed by atoms with Crippen molar-refractivity contribution in [2.24, 2.45) is 0 Å². The summed E-state index contributed by atoms with van der Waals surface area (Å²) in [6.07, 6.45) is 5.42. The van der Waals surface area contributed by atoms with E-state index in [4.69, 9.17) is 4.84 Å². The number of pyridine rings is 1. The van der Waals surface area contributed by atoms with Gasteiger partial charge in [0, 0.05) is 36.3 Å². The molecule has 98 valence electrons. The normalized spacial score (nSPS) is 14.9. The quantitative estimate of drug-likeness (QED) is 0.843. The van der Waals surface area contributed by atoms with Crippen LogP contribution in [0.15, 0.2) is 30.6 Å². The zero-order valence-corrected chi connectivity index (χ0v) is 10.9. The van der Waals surface area contributed by atoms with Gasteiger partial charge in [-0.1, -0.05) is 6.92 Å². The largest absolute Gasteiger partial charge is 0.272 e. The highest BCUT2D eigenvalue weighted by molar-refractivity contribution is 5.57. The molecule has 5 nitrogen and oxygen atoms in total. The van der Waals surface area contributed by atoms with Gasteiger partial charge < -0.3 is 0 Å². The van der Waals surface area contributed by atoms with E-state index in [1.165, 1.54) is 0 Å². The van der Waals surface area contributed by atoms with Crippen LogP contribution in [0.3, 0.4) is 0 Å². The lowest BCUT2D eigenvalue weighted by Crippen LogP contribution is -2.18. The Hall–Kier alpha value is -2.01. The van der Waals surface area contributed by atoms with Crippen molar-refractivity contribution in [3.8, 4) is 11.4 Å². The van der Waals surface area contributed by atoms with E-state index in [0.717, 1.165) is 48.9 Å². The summed E-state index contributed by atoms with van der Waals surface area (Å²) < 4.78 is 0. The van der Waals surface area contributed by atoms with E-state index in [1.807, 2.05) is 23.3 Å². The minimum absolute atomic E-state index is 0.729. The smallest absolute Gasteiger partial charge is 0.161 e. The van der Waals surface area contributed by atoms with Crippen molar-refractivity contribution in [3.63, 3.8) is 0 Å². The van der Waals surface area contributed by atoms with Crippen molar-refractivity contribution in [2.45, 2.75) is 19.8 Å². The molecule has 0 saturated carbocycles. The van der Waals surface area contributed by atoms with Crippen LogP contribution in [0.1, 0.15) is 19.0 Å². The number of anilines is 1. The van der Waals surface area contributed by atoms with E-state index in [1.54, 1.807) is 12.4 Å². The predicted octanol–water partition coefficient (Wildman–Crippen LogP) is 2.24. The van der Waals surface area contributed by atoms with Gasteiger partial charge in [0.25, 0.3) is 0 Å². The Bertz CT molecular complexity index is 553. The molecule has 2 aromatic rings. The summed E-state index contributed by atoms with van der Waals surface area (Å²) in [5, 5.41) is 1.85. The maximum absolute atomic E-state index is 5.56. The Balaban J connectivity index is 2.02. The predicted molar refractivity (Wildman–Crippen MR) is 72.6 cm³/mol. The number of hydrogen-bond donors (Lipinski definition) is 0. The van der Waals surface area contributed by atoms with Crippen LogP contribution in [0.4, 0.5) is 5.82 Å². The number of aromatic nitrogens is 3. The maximum atomic E-state index is 5.56. The highest BCUT2D eigenvalue weighted by atomic mass is 16.7. The number of nitrogens with zero attached hydrogens (tertiary/aromatic N) is 4. The van der Waals surface area contributed by atoms with Crippen molar-refractivity contribution in [1.82, 2.24) is 15.0 Å². The molecule has 1 aliphatic heterocycles. The molecule has 0 atom stereocenters. The van der Waals surface area contributed by atoms with Gasteiger partial charge in [-0.3, -0.25) is 9.82 Å². The molecule has 3 rings (SSSR count). The second kappa shape index (κ2) is 5.32. The highest BCUT2D eigenvalue weighted by Gasteiger charge is 2.17. The summed E-state index contributed by atoms with van der Waals surface area (Å²) in [5.74, 6) is 1.57. The van der Waals surface area contributed by atoms with Gasteiger partial charge in [-0.05, 0) is 25.0 Å². The molecule has 1 fully saturated rings. The summed E-state index contributed by atoms with van der Waals surface area (Å²) in [6.45, 7) is 3.74. The van der Waals surface area contributed by atoms with Gasteiger partial charge in [-0.25, -0.2) is 15.0 Å². The third kappa shape index (κ3) is 2.56. The van der Waals surface area contributed by atoms with Crippen molar-refractivity contribution in [2.75, 3.05) is 18.2 Å². The molecule has 3 heterocycles. The van der Waals surface area contributed by atoms with Gasteiger partial charge in [0.2, 0.25) is 0 Å². The minimum Gasteiger partial charge on any atom is -0.272 e. The van der Waals surface area contributed by atoms with Gasteiger partial charge in [0.15, 0.2) is 11.6 Å². The lowest BCUT2D eigenvalue weighted by atomic mass is 10.2. The third-order valence-corrected chi connectivity index (χ3v) is 3.07.